The number of rotatable bonds is 2. The number of nitrogens with zero attached hydrogens (tertiary/aromatic N) is 2. The predicted octanol–water partition coefficient (Wildman–Crippen LogP) is 1.28. The monoisotopic (exact) mass is 297 g/mol. The van der Waals surface area contributed by atoms with Crippen molar-refractivity contribution in [3.63, 3.8) is 0 Å². The van der Waals surface area contributed by atoms with Crippen LogP contribution in [0.25, 0.3) is 11.0 Å². The van der Waals surface area contributed by atoms with E-state index in [2.05, 4.69) is 9.97 Å². The number of hydrogen-bond acceptors (Lipinski definition) is 4. The van der Waals surface area contributed by atoms with Crippen LogP contribution in [-0.4, -0.2) is 36.1 Å². The Balaban J connectivity index is 2.00. The summed E-state index contributed by atoms with van der Waals surface area (Å²) in [4.78, 5) is 20.3. The standard InChI is InChI=1S/C12H12FN3O3S/c1-7-3-2-4-9-11(7)15-12(14-9)16-6-8(5-10(16)17)20(13,18)19/h2-4,8H,5-6H2,1H3,(H,14,15). The molecule has 1 aliphatic heterocycles. The number of aryl methyl sites for hydroxylation is 1. The van der Waals surface area contributed by atoms with Gasteiger partial charge in [0.05, 0.1) is 11.0 Å². The average molecular weight is 297 g/mol. The molecule has 1 aromatic heterocycles. The van der Waals surface area contributed by atoms with Crippen molar-refractivity contribution in [3.05, 3.63) is 23.8 Å². The Labute approximate surface area is 114 Å². The van der Waals surface area contributed by atoms with E-state index in [0.717, 1.165) is 11.1 Å². The average Bonchev–Trinajstić information content (AvgIpc) is 2.92. The fourth-order valence-corrected chi connectivity index (χ4v) is 3.03. The van der Waals surface area contributed by atoms with Crippen LogP contribution in [0.15, 0.2) is 18.2 Å². The number of imidazole rings is 1. The summed E-state index contributed by atoms with van der Waals surface area (Å²) in [5.41, 5.74) is 2.40. The molecule has 1 amide bonds. The maximum absolute atomic E-state index is 13.0. The second-order valence-corrected chi connectivity index (χ2v) is 6.46. The lowest BCUT2D eigenvalue weighted by molar-refractivity contribution is -0.117. The molecule has 0 bridgehead atoms. The molecule has 2 heterocycles. The summed E-state index contributed by atoms with van der Waals surface area (Å²) in [5.74, 6) is -0.196. The Morgan fingerprint density at radius 3 is 2.80 bits per heavy atom. The molecule has 2 aromatic rings. The van der Waals surface area contributed by atoms with Gasteiger partial charge in [0, 0.05) is 13.0 Å². The fraction of sp³-hybridized carbons (Fsp3) is 0.333. The Hall–Kier alpha value is -1.96. The lowest BCUT2D eigenvalue weighted by atomic mass is 10.2. The molecular formula is C12H12FN3O3S. The third-order valence-corrected chi connectivity index (χ3v) is 4.56. The molecule has 1 N–H and O–H groups in total. The van der Waals surface area contributed by atoms with E-state index in [1.165, 1.54) is 4.90 Å². The first-order chi connectivity index (χ1) is 9.36. The van der Waals surface area contributed by atoms with Gasteiger partial charge in [-0.2, -0.15) is 8.42 Å². The Morgan fingerprint density at radius 1 is 1.45 bits per heavy atom. The van der Waals surface area contributed by atoms with Crippen molar-refractivity contribution in [3.8, 4) is 0 Å². The molecule has 8 heteroatoms. The van der Waals surface area contributed by atoms with E-state index in [-0.39, 0.29) is 18.9 Å². The number of fused-ring (bicyclic) bond motifs is 1. The normalized spacial score (nSPS) is 20.0. The zero-order chi connectivity index (χ0) is 14.5. The molecule has 1 unspecified atom stereocenters. The van der Waals surface area contributed by atoms with E-state index in [0.29, 0.717) is 5.52 Å². The number of anilines is 1. The molecule has 0 aliphatic carbocycles. The molecule has 0 saturated carbocycles. The number of nitrogens with one attached hydrogen (secondary N) is 1. The minimum Gasteiger partial charge on any atom is -0.324 e. The van der Waals surface area contributed by atoms with Crippen molar-refractivity contribution in [2.45, 2.75) is 18.6 Å². The lowest BCUT2D eigenvalue weighted by Crippen LogP contribution is -2.27. The van der Waals surface area contributed by atoms with Gasteiger partial charge in [-0.05, 0) is 18.6 Å². The number of aromatic amines is 1. The summed E-state index contributed by atoms with van der Waals surface area (Å²) in [6.45, 7) is 1.67. The maximum Gasteiger partial charge on any atom is 0.307 e. The topological polar surface area (TPSA) is 83.1 Å². The highest BCUT2D eigenvalue weighted by Gasteiger charge is 2.40. The third kappa shape index (κ3) is 2.05. The number of amides is 1. The van der Waals surface area contributed by atoms with Crippen LogP contribution in [0.5, 0.6) is 0 Å². The summed E-state index contributed by atoms with van der Waals surface area (Å²) in [5, 5.41) is -1.32. The molecular weight excluding hydrogens is 285 g/mol. The Kier molecular flexibility index (Phi) is 2.79. The lowest BCUT2D eigenvalue weighted by Gasteiger charge is -2.11. The number of carbonyl (C=O) groups excluding carboxylic acids is 1. The smallest absolute Gasteiger partial charge is 0.307 e. The van der Waals surface area contributed by atoms with Crippen LogP contribution in [0.3, 0.4) is 0 Å². The minimum atomic E-state index is -4.72. The summed E-state index contributed by atoms with van der Waals surface area (Å²) in [7, 11) is -4.72. The second-order valence-electron chi connectivity index (χ2n) is 4.84. The summed E-state index contributed by atoms with van der Waals surface area (Å²) in [6, 6.07) is 5.54. The van der Waals surface area contributed by atoms with Crippen molar-refractivity contribution in [2.75, 3.05) is 11.4 Å². The predicted molar refractivity (Wildman–Crippen MR) is 71.6 cm³/mol. The van der Waals surface area contributed by atoms with Crippen LogP contribution in [0.2, 0.25) is 0 Å². The molecule has 1 atom stereocenters. The van der Waals surface area contributed by atoms with Crippen LogP contribution in [0.1, 0.15) is 12.0 Å². The zero-order valence-electron chi connectivity index (χ0n) is 10.6. The first-order valence-electron chi connectivity index (χ1n) is 6.05. The first kappa shape index (κ1) is 13.0. The van der Waals surface area contributed by atoms with E-state index >= 15 is 0 Å². The van der Waals surface area contributed by atoms with E-state index in [9.17, 15) is 17.1 Å². The highest BCUT2D eigenvalue weighted by Crippen LogP contribution is 2.26. The Morgan fingerprint density at radius 2 is 2.20 bits per heavy atom. The van der Waals surface area contributed by atoms with Crippen LogP contribution in [0, 0.1) is 6.92 Å². The number of halogens is 1. The van der Waals surface area contributed by atoms with Gasteiger partial charge in [0.2, 0.25) is 11.9 Å². The summed E-state index contributed by atoms with van der Waals surface area (Å²) >= 11 is 0. The van der Waals surface area contributed by atoms with Crippen molar-refractivity contribution in [2.24, 2.45) is 0 Å². The SMILES string of the molecule is Cc1cccc2[nH]c(N3CC(S(=O)(=O)F)CC3=O)nc12. The fourth-order valence-electron chi connectivity index (χ4n) is 2.36. The molecule has 6 nitrogen and oxygen atoms in total. The van der Waals surface area contributed by atoms with Gasteiger partial charge in [-0.15, -0.1) is 3.89 Å². The van der Waals surface area contributed by atoms with Gasteiger partial charge in [0.25, 0.3) is 0 Å². The van der Waals surface area contributed by atoms with Crippen molar-refractivity contribution in [1.29, 1.82) is 0 Å². The zero-order valence-corrected chi connectivity index (χ0v) is 11.4. The largest absolute Gasteiger partial charge is 0.324 e. The quantitative estimate of drug-likeness (QED) is 0.846. The number of H-pyrrole nitrogens is 1. The third-order valence-electron chi connectivity index (χ3n) is 3.45. The maximum atomic E-state index is 13.0. The number of para-hydroxylation sites is 1. The van der Waals surface area contributed by atoms with E-state index in [1.54, 1.807) is 0 Å². The molecule has 20 heavy (non-hydrogen) atoms. The van der Waals surface area contributed by atoms with Gasteiger partial charge in [0.15, 0.2) is 0 Å². The number of benzene rings is 1. The molecule has 0 radical (unpaired) electrons. The summed E-state index contributed by atoms with van der Waals surface area (Å²) in [6.07, 6.45) is -0.352. The van der Waals surface area contributed by atoms with Crippen LogP contribution in [-0.2, 0) is 15.0 Å². The van der Waals surface area contributed by atoms with Crippen molar-refractivity contribution in [1.82, 2.24) is 9.97 Å². The molecule has 1 aromatic carbocycles. The molecule has 1 fully saturated rings. The van der Waals surface area contributed by atoms with Gasteiger partial charge in [-0.1, -0.05) is 12.1 Å². The Bertz CT molecular complexity index is 799. The van der Waals surface area contributed by atoms with Crippen LogP contribution < -0.4 is 4.90 Å². The van der Waals surface area contributed by atoms with Crippen molar-refractivity contribution >= 4 is 33.1 Å². The van der Waals surface area contributed by atoms with Gasteiger partial charge in [0.1, 0.15) is 5.25 Å². The number of hydrogen-bond donors (Lipinski definition) is 1. The second kappa shape index (κ2) is 4.27. The molecule has 1 saturated heterocycles. The highest BCUT2D eigenvalue weighted by molar-refractivity contribution is 7.87. The summed E-state index contributed by atoms with van der Waals surface area (Å²) < 4.78 is 34.8. The van der Waals surface area contributed by atoms with E-state index < -0.39 is 21.4 Å². The van der Waals surface area contributed by atoms with E-state index in [1.807, 2.05) is 25.1 Å². The molecule has 106 valence electrons. The highest BCUT2D eigenvalue weighted by atomic mass is 32.3. The van der Waals surface area contributed by atoms with Crippen molar-refractivity contribution < 1.29 is 17.1 Å². The molecule has 0 spiro atoms. The minimum absolute atomic E-state index is 0.212. The van der Waals surface area contributed by atoms with Gasteiger partial charge >= 0.3 is 10.2 Å². The van der Waals surface area contributed by atoms with Gasteiger partial charge < -0.3 is 4.98 Å². The van der Waals surface area contributed by atoms with Crippen LogP contribution >= 0.6 is 0 Å². The number of aromatic nitrogens is 2. The molecule has 3 rings (SSSR count). The number of carbonyl (C=O) groups is 1. The van der Waals surface area contributed by atoms with Crippen LogP contribution in [0.4, 0.5) is 9.83 Å². The van der Waals surface area contributed by atoms with E-state index in [4.69, 9.17) is 0 Å². The van der Waals surface area contributed by atoms with Gasteiger partial charge in [-0.25, -0.2) is 4.98 Å². The first-order valence-corrected chi connectivity index (χ1v) is 7.50. The van der Waals surface area contributed by atoms with Gasteiger partial charge in [-0.3, -0.25) is 9.69 Å². The molecule has 1 aliphatic rings.